The highest BCUT2D eigenvalue weighted by molar-refractivity contribution is 6.08. The van der Waals surface area contributed by atoms with Crippen molar-refractivity contribution in [2.24, 2.45) is 17.6 Å². The van der Waals surface area contributed by atoms with E-state index in [1.807, 2.05) is 24.3 Å². The Morgan fingerprint density at radius 3 is 2.29 bits per heavy atom. The molecule has 4 heteroatoms. The molecule has 2 amide bonds. The number of imide groups is 1. The summed E-state index contributed by atoms with van der Waals surface area (Å²) in [5, 5.41) is 0. The second-order valence-corrected chi connectivity index (χ2v) is 4.68. The van der Waals surface area contributed by atoms with Crippen molar-refractivity contribution >= 4 is 11.8 Å². The van der Waals surface area contributed by atoms with Gasteiger partial charge in [-0.15, -0.1) is 0 Å². The Morgan fingerprint density at radius 1 is 1.12 bits per heavy atom. The number of amides is 2. The van der Waals surface area contributed by atoms with Gasteiger partial charge < -0.3 is 5.73 Å². The number of piperidine rings is 1. The fourth-order valence-corrected chi connectivity index (χ4v) is 2.49. The van der Waals surface area contributed by atoms with Crippen LogP contribution in [0, 0.1) is 11.8 Å². The first-order chi connectivity index (χ1) is 8.22. The number of carbonyl (C=O) groups excluding carboxylic acids is 2. The van der Waals surface area contributed by atoms with E-state index in [1.54, 1.807) is 0 Å². The van der Waals surface area contributed by atoms with Gasteiger partial charge in [0, 0.05) is 6.54 Å². The van der Waals surface area contributed by atoms with Crippen molar-refractivity contribution in [3.8, 4) is 0 Å². The van der Waals surface area contributed by atoms with Crippen LogP contribution in [-0.2, 0) is 22.7 Å². The van der Waals surface area contributed by atoms with E-state index < -0.39 is 0 Å². The highest BCUT2D eigenvalue weighted by Gasteiger charge is 2.58. The average Bonchev–Trinajstić information content (AvgIpc) is 3.10. The summed E-state index contributed by atoms with van der Waals surface area (Å²) < 4.78 is 0. The standard InChI is InChI=1S/C13H14N2O2/c14-6-8-3-1-2-4-9(8)7-15-12(16)10-5-11(10)13(15)17/h1-4,10-11H,5-7,14H2. The molecule has 2 N–H and O–H groups in total. The second kappa shape index (κ2) is 3.67. The quantitative estimate of drug-likeness (QED) is 0.775. The van der Waals surface area contributed by atoms with Gasteiger partial charge in [0.1, 0.15) is 0 Å². The Morgan fingerprint density at radius 2 is 1.71 bits per heavy atom. The smallest absolute Gasteiger partial charge is 0.233 e. The third-order valence-electron chi connectivity index (χ3n) is 3.62. The molecular weight excluding hydrogens is 216 g/mol. The van der Waals surface area contributed by atoms with Crippen LogP contribution in [0.25, 0.3) is 0 Å². The van der Waals surface area contributed by atoms with Crippen LogP contribution in [0.15, 0.2) is 24.3 Å². The maximum atomic E-state index is 11.8. The largest absolute Gasteiger partial charge is 0.326 e. The van der Waals surface area contributed by atoms with Gasteiger partial charge in [-0.05, 0) is 17.5 Å². The van der Waals surface area contributed by atoms with Crippen LogP contribution >= 0.6 is 0 Å². The van der Waals surface area contributed by atoms with Crippen LogP contribution in [0.1, 0.15) is 17.5 Å². The monoisotopic (exact) mass is 230 g/mol. The maximum absolute atomic E-state index is 11.8. The zero-order valence-corrected chi connectivity index (χ0v) is 9.43. The van der Waals surface area contributed by atoms with Crippen LogP contribution < -0.4 is 5.73 Å². The van der Waals surface area contributed by atoms with Crippen molar-refractivity contribution in [1.82, 2.24) is 4.90 Å². The minimum atomic E-state index is -0.0208. The first kappa shape index (κ1) is 10.5. The van der Waals surface area contributed by atoms with Gasteiger partial charge in [-0.2, -0.15) is 0 Å². The van der Waals surface area contributed by atoms with Gasteiger partial charge in [-0.1, -0.05) is 24.3 Å². The zero-order valence-electron chi connectivity index (χ0n) is 9.43. The Kier molecular flexibility index (Phi) is 2.26. The van der Waals surface area contributed by atoms with Crippen LogP contribution in [0.4, 0.5) is 0 Å². The molecule has 1 aliphatic carbocycles. The summed E-state index contributed by atoms with van der Waals surface area (Å²) in [5.41, 5.74) is 7.61. The van der Waals surface area contributed by atoms with E-state index in [0.717, 1.165) is 17.5 Å². The molecule has 0 aromatic heterocycles. The first-order valence-electron chi connectivity index (χ1n) is 5.84. The minimum absolute atomic E-state index is 0.00757. The highest BCUT2D eigenvalue weighted by atomic mass is 16.2. The molecule has 1 aliphatic heterocycles. The van der Waals surface area contributed by atoms with E-state index in [0.29, 0.717) is 13.1 Å². The zero-order chi connectivity index (χ0) is 12.0. The molecule has 1 aromatic carbocycles. The van der Waals surface area contributed by atoms with Crippen molar-refractivity contribution in [2.75, 3.05) is 0 Å². The normalized spacial score (nSPS) is 26.3. The first-order valence-corrected chi connectivity index (χ1v) is 5.84. The molecule has 1 heterocycles. The molecule has 2 aliphatic rings. The van der Waals surface area contributed by atoms with Gasteiger partial charge in [-0.25, -0.2) is 0 Å². The van der Waals surface area contributed by atoms with Crippen LogP contribution in [0.2, 0.25) is 0 Å². The lowest BCUT2D eigenvalue weighted by Gasteiger charge is -2.18. The molecule has 0 bridgehead atoms. The van der Waals surface area contributed by atoms with Crippen molar-refractivity contribution < 1.29 is 9.59 Å². The molecule has 1 aromatic rings. The predicted molar refractivity (Wildman–Crippen MR) is 61.5 cm³/mol. The topological polar surface area (TPSA) is 63.4 Å². The lowest BCUT2D eigenvalue weighted by Crippen LogP contribution is -2.32. The molecular formula is C13H14N2O2. The van der Waals surface area contributed by atoms with Gasteiger partial charge in [0.2, 0.25) is 11.8 Å². The summed E-state index contributed by atoms with van der Waals surface area (Å²) in [4.78, 5) is 25.1. The number of rotatable bonds is 3. The Labute approximate surface area is 99.4 Å². The molecule has 3 rings (SSSR count). The maximum Gasteiger partial charge on any atom is 0.233 e. The molecule has 88 valence electrons. The summed E-state index contributed by atoms with van der Waals surface area (Å²) in [7, 11) is 0. The third kappa shape index (κ3) is 1.56. The summed E-state index contributed by atoms with van der Waals surface area (Å²) in [6, 6.07) is 7.67. The number of nitrogens with two attached hydrogens (primary N) is 1. The summed E-state index contributed by atoms with van der Waals surface area (Å²) in [6.45, 7) is 0.803. The molecule has 17 heavy (non-hydrogen) atoms. The van der Waals surface area contributed by atoms with E-state index in [9.17, 15) is 9.59 Å². The number of carbonyl (C=O) groups is 2. The van der Waals surface area contributed by atoms with Crippen molar-refractivity contribution in [2.45, 2.75) is 19.5 Å². The Hall–Kier alpha value is -1.68. The second-order valence-electron chi connectivity index (χ2n) is 4.68. The number of benzene rings is 1. The molecule has 0 radical (unpaired) electrons. The van der Waals surface area contributed by atoms with Crippen molar-refractivity contribution in [3.05, 3.63) is 35.4 Å². The van der Waals surface area contributed by atoms with Gasteiger partial charge >= 0.3 is 0 Å². The van der Waals surface area contributed by atoms with E-state index >= 15 is 0 Å². The highest BCUT2D eigenvalue weighted by Crippen LogP contribution is 2.47. The summed E-state index contributed by atoms with van der Waals surface area (Å²) in [5.74, 6) is -0.0567. The summed E-state index contributed by atoms with van der Waals surface area (Å²) in [6.07, 6.45) is 0.757. The van der Waals surface area contributed by atoms with E-state index in [-0.39, 0.29) is 23.7 Å². The molecule has 2 unspecified atom stereocenters. The molecule has 2 atom stereocenters. The number of likely N-dealkylation sites (tertiary alicyclic amines) is 1. The van der Waals surface area contributed by atoms with E-state index in [4.69, 9.17) is 5.73 Å². The van der Waals surface area contributed by atoms with Gasteiger partial charge in [-0.3, -0.25) is 14.5 Å². The number of hydrogen-bond acceptors (Lipinski definition) is 3. The van der Waals surface area contributed by atoms with Crippen molar-refractivity contribution in [3.63, 3.8) is 0 Å². The van der Waals surface area contributed by atoms with Crippen LogP contribution in [-0.4, -0.2) is 16.7 Å². The van der Waals surface area contributed by atoms with Gasteiger partial charge in [0.05, 0.1) is 18.4 Å². The predicted octanol–water partition coefficient (Wildman–Crippen LogP) is 0.650. The number of fused-ring (bicyclic) bond motifs is 1. The lowest BCUT2D eigenvalue weighted by atomic mass is 10.1. The third-order valence-corrected chi connectivity index (χ3v) is 3.62. The molecule has 4 nitrogen and oxygen atoms in total. The van der Waals surface area contributed by atoms with E-state index in [2.05, 4.69) is 0 Å². The number of nitrogens with zero attached hydrogens (tertiary/aromatic N) is 1. The Bertz CT molecular complexity index is 478. The van der Waals surface area contributed by atoms with Crippen LogP contribution in [0.5, 0.6) is 0 Å². The van der Waals surface area contributed by atoms with E-state index in [1.165, 1.54) is 4.90 Å². The fourth-order valence-electron chi connectivity index (χ4n) is 2.49. The minimum Gasteiger partial charge on any atom is -0.326 e. The van der Waals surface area contributed by atoms with Crippen LogP contribution in [0.3, 0.4) is 0 Å². The van der Waals surface area contributed by atoms with Gasteiger partial charge in [0.15, 0.2) is 0 Å². The number of hydrogen-bond donors (Lipinski definition) is 1. The molecule has 0 spiro atoms. The molecule has 1 saturated heterocycles. The SMILES string of the molecule is NCc1ccccc1CN1C(=O)C2CC2C1=O. The van der Waals surface area contributed by atoms with Crippen molar-refractivity contribution in [1.29, 1.82) is 0 Å². The average molecular weight is 230 g/mol. The molecule has 2 fully saturated rings. The Balaban J connectivity index is 1.83. The molecule has 1 saturated carbocycles. The fraction of sp³-hybridized carbons (Fsp3) is 0.385. The summed E-state index contributed by atoms with van der Waals surface area (Å²) >= 11 is 0. The lowest BCUT2D eigenvalue weighted by molar-refractivity contribution is -0.142. The van der Waals surface area contributed by atoms with Gasteiger partial charge in [0.25, 0.3) is 0 Å².